The van der Waals surface area contributed by atoms with Gasteiger partial charge < -0.3 is 10.1 Å². The van der Waals surface area contributed by atoms with E-state index in [4.69, 9.17) is 11.2 Å². The van der Waals surface area contributed by atoms with Crippen molar-refractivity contribution in [2.24, 2.45) is 0 Å². The molecule has 0 aliphatic heterocycles. The number of hydrogen-bond acceptors (Lipinski definition) is 3. The minimum absolute atomic E-state index is 0.281. The molecule has 1 unspecified atom stereocenters. The summed E-state index contributed by atoms with van der Waals surface area (Å²) < 4.78 is 4.78. The predicted molar refractivity (Wildman–Crippen MR) is 67.3 cm³/mol. The topological polar surface area (TPSA) is 38.3 Å². The van der Waals surface area contributed by atoms with E-state index in [1.165, 1.54) is 7.11 Å². The van der Waals surface area contributed by atoms with E-state index < -0.39 is 6.04 Å². The monoisotopic (exact) mass is 231 g/mol. The summed E-state index contributed by atoms with van der Waals surface area (Å²) in [6, 6.07) is 9.09. The number of ether oxygens (including phenoxy) is 1. The maximum absolute atomic E-state index is 11.7. The lowest BCUT2D eigenvalue weighted by molar-refractivity contribution is -0.143. The van der Waals surface area contributed by atoms with Gasteiger partial charge in [-0.1, -0.05) is 30.3 Å². The summed E-state index contributed by atoms with van der Waals surface area (Å²) in [6.07, 6.45) is 6.72. The van der Waals surface area contributed by atoms with Crippen molar-refractivity contribution in [3.8, 4) is 12.3 Å². The fourth-order valence-electron chi connectivity index (χ4n) is 1.54. The molecule has 1 atom stereocenters. The van der Waals surface area contributed by atoms with Crippen LogP contribution in [-0.4, -0.2) is 19.6 Å². The van der Waals surface area contributed by atoms with E-state index in [0.717, 1.165) is 12.0 Å². The Balaban J connectivity index is 2.62. The zero-order valence-corrected chi connectivity index (χ0v) is 9.98. The molecule has 0 bridgehead atoms. The summed E-state index contributed by atoms with van der Waals surface area (Å²) in [7, 11) is 1.39. The van der Waals surface area contributed by atoms with Crippen LogP contribution in [0.15, 0.2) is 30.3 Å². The Kier molecular flexibility index (Phi) is 5.84. The van der Waals surface area contributed by atoms with Gasteiger partial charge >= 0.3 is 5.97 Å². The van der Waals surface area contributed by atoms with E-state index in [0.29, 0.717) is 13.0 Å². The maximum atomic E-state index is 11.7. The lowest BCUT2D eigenvalue weighted by atomic mass is 10.1. The maximum Gasteiger partial charge on any atom is 0.327 e. The van der Waals surface area contributed by atoms with E-state index in [9.17, 15) is 4.79 Å². The summed E-state index contributed by atoms with van der Waals surface area (Å²) in [5.74, 6) is 2.29. The van der Waals surface area contributed by atoms with Crippen LogP contribution in [0.25, 0.3) is 0 Å². The number of carbonyl (C=O) groups is 1. The molecule has 0 spiro atoms. The average Bonchev–Trinajstić information content (AvgIpc) is 2.39. The van der Waals surface area contributed by atoms with Crippen LogP contribution in [0.3, 0.4) is 0 Å². The van der Waals surface area contributed by atoms with E-state index in [1.54, 1.807) is 0 Å². The number of esters is 1. The molecule has 0 heterocycles. The van der Waals surface area contributed by atoms with Crippen molar-refractivity contribution in [2.75, 3.05) is 13.7 Å². The first kappa shape index (κ1) is 13.3. The second-order valence-corrected chi connectivity index (χ2v) is 3.63. The highest BCUT2D eigenvalue weighted by atomic mass is 16.5. The molecular weight excluding hydrogens is 214 g/mol. The molecule has 0 saturated heterocycles. The summed E-state index contributed by atoms with van der Waals surface area (Å²) in [4.78, 5) is 11.7. The molecule has 3 nitrogen and oxygen atoms in total. The van der Waals surface area contributed by atoms with Gasteiger partial charge in [-0.2, -0.15) is 0 Å². The van der Waals surface area contributed by atoms with Crippen LogP contribution in [0, 0.1) is 12.3 Å². The fraction of sp³-hybridized carbons (Fsp3) is 0.357. The van der Waals surface area contributed by atoms with Crippen molar-refractivity contribution >= 4 is 5.97 Å². The second-order valence-electron chi connectivity index (χ2n) is 3.63. The second kappa shape index (κ2) is 7.48. The summed E-state index contributed by atoms with van der Waals surface area (Å²) in [5.41, 5.74) is 0.903. The number of nitrogens with one attached hydrogen (secondary N) is 1. The third kappa shape index (κ3) is 4.29. The largest absolute Gasteiger partial charge is 0.468 e. The van der Waals surface area contributed by atoms with E-state index in [-0.39, 0.29) is 5.97 Å². The number of methoxy groups -OCH3 is 1. The molecule has 1 rings (SSSR count). The summed E-state index contributed by atoms with van der Waals surface area (Å²) in [6.45, 7) is 0.693. The number of terminal acetylenes is 1. The van der Waals surface area contributed by atoms with Crippen molar-refractivity contribution in [3.05, 3.63) is 35.9 Å². The molecule has 0 saturated carbocycles. The predicted octanol–water partition coefficient (Wildman–Crippen LogP) is 1.90. The third-order valence-electron chi connectivity index (χ3n) is 2.42. The van der Waals surface area contributed by atoms with Gasteiger partial charge in [0.1, 0.15) is 6.04 Å². The van der Waals surface area contributed by atoms with Gasteiger partial charge in [-0.05, 0) is 18.5 Å². The van der Waals surface area contributed by atoms with Crippen molar-refractivity contribution in [2.45, 2.75) is 18.9 Å². The molecule has 0 aliphatic carbocycles. The standard InChI is InChI=1S/C14H17NO2/c1-3-4-8-11-15-13(14(16)17-2)12-9-6-5-7-10-12/h1,5-7,9-10,13,15H,4,8,11H2,2H3. The van der Waals surface area contributed by atoms with E-state index in [1.807, 2.05) is 30.3 Å². The molecule has 17 heavy (non-hydrogen) atoms. The van der Waals surface area contributed by atoms with Gasteiger partial charge in [0, 0.05) is 6.42 Å². The Morgan fingerprint density at radius 3 is 2.76 bits per heavy atom. The number of carbonyl (C=O) groups excluding carboxylic acids is 1. The quantitative estimate of drug-likeness (QED) is 0.461. The van der Waals surface area contributed by atoms with Crippen LogP contribution in [0.1, 0.15) is 24.4 Å². The first-order valence-corrected chi connectivity index (χ1v) is 5.59. The minimum Gasteiger partial charge on any atom is -0.468 e. The Labute approximate surface area is 102 Å². The van der Waals surface area contributed by atoms with Gasteiger partial charge in [0.05, 0.1) is 7.11 Å². The van der Waals surface area contributed by atoms with Crippen LogP contribution >= 0.6 is 0 Å². The molecule has 3 heteroatoms. The molecule has 0 fully saturated rings. The number of rotatable bonds is 6. The Hall–Kier alpha value is -1.79. The summed E-state index contributed by atoms with van der Waals surface area (Å²) in [5, 5.41) is 3.15. The highest BCUT2D eigenvalue weighted by Gasteiger charge is 2.19. The van der Waals surface area contributed by atoms with E-state index >= 15 is 0 Å². The fourth-order valence-corrected chi connectivity index (χ4v) is 1.54. The normalized spacial score (nSPS) is 11.5. The first-order valence-electron chi connectivity index (χ1n) is 5.59. The van der Waals surface area contributed by atoms with Crippen LogP contribution in [0.2, 0.25) is 0 Å². The van der Waals surface area contributed by atoms with E-state index in [2.05, 4.69) is 11.2 Å². The molecule has 1 N–H and O–H groups in total. The highest BCUT2D eigenvalue weighted by Crippen LogP contribution is 2.13. The van der Waals surface area contributed by atoms with Gasteiger partial charge in [-0.3, -0.25) is 0 Å². The van der Waals surface area contributed by atoms with Crippen molar-refractivity contribution in [1.82, 2.24) is 5.32 Å². The van der Waals surface area contributed by atoms with Gasteiger partial charge in [0.25, 0.3) is 0 Å². The molecule has 0 aromatic heterocycles. The Morgan fingerprint density at radius 2 is 2.18 bits per heavy atom. The molecule has 0 radical (unpaired) electrons. The van der Waals surface area contributed by atoms with Crippen molar-refractivity contribution < 1.29 is 9.53 Å². The Bertz CT molecular complexity index is 381. The number of benzene rings is 1. The molecule has 1 aromatic carbocycles. The number of hydrogen-bond donors (Lipinski definition) is 1. The van der Waals surface area contributed by atoms with Gasteiger partial charge in [-0.25, -0.2) is 4.79 Å². The van der Waals surface area contributed by atoms with Crippen LogP contribution in [-0.2, 0) is 9.53 Å². The van der Waals surface area contributed by atoms with Gasteiger partial charge in [0.2, 0.25) is 0 Å². The first-order chi connectivity index (χ1) is 8.29. The van der Waals surface area contributed by atoms with Gasteiger partial charge in [0.15, 0.2) is 0 Å². The third-order valence-corrected chi connectivity index (χ3v) is 2.42. The van der Waals surface area contributed by atoms with Crippen LogP contribution in [0.5, 0.6) is 0 Å². The molecule has 0 aliphatic rings. The average molecular weight is 231 g/mol. The molecule has 0 amide bonds. The zero-order chi connectivity index (χ0) is 12.5. The van der Waals surface area contributed by atoms with Crippen molar-refractivity contribution in [3.63, 3.8) is 0 Å². The zero-order valence-electron chi connectivity index (χ0n) is 9.98. The van der Waals surface area contributed by atoms with Crippen molar-refractivity contribution in [1.29, 1.82) is 0 Å². The highest BCUT2D eigenvalue weighted by molar-refractivity contribution is 5.77. The smallest absolute Gasteiger partial charge is 0.327 e. The van der Waals surface area contributed by atoms with Crippen LogP contribution in [0.4, 0.5) is 0 Å². The van der Waals surface area contributed by atoms with Crippen LogP contribution < -0.4 is 5.32 Å². The molecular formula is C14H17NO2. The summed E-state index contributed by atoms with van der Waals surface area (Å²) >= 11 is 0. The van der Waals surface area contributed by atoms with Gasteiger partial charge in [-0.15, -0.1) is 12.3 Å². The lowest BCUT2D eigenvalue weighted by Gasteiger charge is -2.16. The SMILES string of the molecule is C#CCCCNC(C(=O)OC)c1ccccc1. The Morgan fingerprint density at radius 1 is 1.47 bits per heavy atom. The molecule has 90 valence electrons. The molecule has 1 aromatic rings. The lowest BCUT2D eigenvalue weighted by Crippen LogP contribution is -2.30. The minimum atomic E-state index is -0.418. The number of unbranched alkanes of at least 4 members (excludes halogenated alkanes) is 1.